The maximum Gasteiger partial charge on any atom is 0.227 e. The Morgan fingerprint density at radius 3 is 2.50 bits per heavy atom. The molecule has 6 heteroatoms. The summed E-state index contributed by atoms with van der Waals surface area (Å²) in [7, 11) is 0. The molecule has 122 valence electrons. The fourth-order valence-electron chi connectivity index (χ4n) is 2.57. The van der Waals surface area contributed by atoms with Gasteiger partial charge in [-0.3, -0.25) is 4.79 Å². The molecule has 1 aromatic carbocycles. The zero-order valence-corrected chi connectivity index (χ0v) is 14.1. The smallest absolute Gasteiger partial charge is 0.227 e. The molecular formula is C16H22Cl2N2O2. The van der Waals surface area contributed by atoms with Crippen LogP contribution in [0.15, 0.2) is 18.2 Å². The van der Waals surface area contributed by atoms with Gasteiger partial charge in [-0.1, -0.05) is 29.3 Å². The average Bonchev–Trinajstić information content (AvgIpc) is 2.52. The summed E-state index contributed by atoms with van der Waals surface area (Å²) in [6, 6.07) is 5.30. The number of rotatable bonds is 6. The first-order valence-electron chi connectivity index (χ1n) is 7.64. The fraction of sp³-hybridized carbons (Fsp3) is 0.562. The number of hydrogen-bond acceptors (Lipinski definition) is 3. The van der Waals surface area contributed by atoms with Crippen molar-refractivity contribution >= 4 is 29.1 Å². The molecule has 2 rings (SSSR count). The van der Waals surface area contributed by atoms with Gasteiger partial charge in [0.25, 0.3) is 0 Å². The van der Waals surface area contributed by atoms with Crippen LogP contribution in [0.2, 0.25) is 10.0 Å². The van der Waals surface area contributed by atoms with E-state index in [9.17, 15) is 4.79 Å². The Morgan fingerprint density at radius 1 is 1.27 bits per heavy atom. The number of nitrogens with two attached hydrogens (primary N) is 1. The van der Waals surface area contributed by atoms with Crippen LogP contribution in [0.25, 0.3) is 0 Å². The highest BCUT2D eigenvalue weighted by molar-refractivity contribution is 6.36. The number of carbonyl (C=O) groups excluding carboxylic acids is 1. The minimum absolute atomic E-state index is 0.0652. The Morgan fingerprint density at radius 2 is 1.91 bits per heavy atom. The lowest BCUT2D eigenvalue weighted by Crippen LogP contribution is -2.41. The van der Waals surface area contributed by atoms with E-state index < -0.39 is 0 Å². The molecule has 0 atom stereocenters. The van der Waals surface area contributed by atoms with Crippen LogP contribution in [0.4, 0.5) is 0 Å². The molecule has 0 bridgehead atoms. The van der Waals surface area contributed by atoms with Crippen LogP contribution in [-0.4, -0.2) is 43.2 Å². The largest absolute Gasteiger partial charge is 0.378 e. The monoisotopic (exact) mass is 344 g/mol. The summed E-state index contributed by atoms with van der Waals surface area (Å²) in [6.45, 7) is 2.78. The third-order valence-corrected chi connectivity index (χ3v) is 4.59. The Labute approximate surface area is 141 Å². The molecule has 1 aromatic rings. The van der Waals surface area contributed by atoms with Crippen molar-refractivity contribution in [2.24, 2.45) is 5.73 Å². The highest BCUT2D eigenvalue weighted by Crippen LogP contribution is 2.25. The van der Waals surface area contributed by atoms with Gasteiger partial charge in [-0.15, -0.1) is 0 Å². The number of amides is 1. The Bertz CT molecular complexity index is 483. The van der Waals surface area contributed by atoms with Crippen LogP contribution >= 0.6 is 23.2 Å². The van der Waals surface area contributed by atoms with Crippen molar-refractivity contribution in [2.45, 2.75) is 31.8 Å². The molecule has 2 N–H and O–H groups in total. The van der Waals surface area contributed by atoms with Gasteiger partial charge in [-0.2, -0.15) is 0 Å². The lowest BCUT2D eigenvalue weighted by Gasteiger charge is -2.32. The second-order valence-electron chi connectivity index (χ2n) is 5.47. The normalized spacial score (nSPS) is 16.0. The van der Waals surface area contributed by atoms with Gasteiger partial charge in [-0.25, -0.2) is 0 Å². The zero-order chi connectivity index (χ0) is 15.9. The lowest BCUT2D eigenvalue weighted by molar-refractivity contribution is -0.133. The van der Waals surface area contributed by atoms with Crippen LogP contribution < -0.4 is 5.73 Å². The molecule has 0 radical (unpaired) electrons. The van der Waals surface area contributed by atoms with E-state index in [1.54, 1.807) is 18.2 Å². The molecular weight excluding hydrogens is 323 g/mol. The number of nitrogens with zero attached hydrogens (tertiary/aromatic N) is 1. The van der Waals surface area contributed by atoms with Crippen LogP contribution in [0, 0.1) is 0 Å². The maximum atomic E-state index is 12.4. The number of likely N-dealkylation sites (tertiary alicyclic amines) is 1. The predicted octanol–water partition coefficient (Wildman–Crippen LogP) is 2.89. The van der Waals surface area contributed by atoms with Crippen LogP contribution in [-0.2, 0) is 16.0 Å². The molecule has 0 saturated carbocycles. The molecule has 0 spiro atoms. The van der Waals surface area contributed by atoms with E-state index in [2.05, 4.69) is 0 Å². The van der Waals surface area contributed by atoms with Crippen molar-refractivity contribution in [1.29, 1.82) is 0 Å². The van der Waals surface area contributed by atoms with Crippen LogP contribution in [0.3, 0.4) is 0 Å². The molecule has 22 heavy (non-hydrogen) atoms. The Balaban J connectivity index is 1.82. The molecule has 0 unspecified atom stereocenters. The highest BCUT2D eigenvalue weighted by Gasteiger charge is 2.24. The van der Waals surface area contributed by atoms with E-state index in [1.165, 1.54) is 0 Å². The van der Waals surface area contributed by atoms with Gasteiger partial charge < -0.3 is 15.4 Å². The number of halogens is 2. The molecule has 1 amide bonds. The number of ether oxygens (including phenoxy) is 1. The van der Waals surface area contributed by atoms with Crippen LogP contribution in [0.5, 0.6) is 0 Å². The fourth-order valence-corrected chi connectivity index (χ4v) is 3.10. The lowest BCUT2D eigenvalue weighted by atomic mass is 10.1. The average molecular weight is 345 g/mol. The first-order chi connectivity index (χ1) is 10.6. The van der Waals surface area contributed by atoms with Crippen molar-refractivity contribution < 1.29 is 9.53 Å². The summed E-state index contributed by atoms with van der Waals surface area (Å²) in [5.41, 5.74) is 6.15. The molecule has 0 aliphatic carbocycles. The van der Waals surface area contributed by atoms with Crippen molar-refractivity contribution in [3.8, 4) is 0 Å². The summed E-state index contributed by atoms with van der Waals surface area (Å²) < 4.78 is 5.75. The van der Waals surface area contributed by atoms with Crippen molar-refractivity contribution in [1.82, 2.24) is 4.90 Å². The zero-order valence-electron chi connectivity index (χ0n) is 12.6. The van der Waals surface area contributed by atoms with Crippen LogP contribution in [0.1, 0.15) is 24.8 Å². The van der Waals surface area contributed by atoms with E-state index in [4.69, 9.17) is 33.7 Å². The first-order valence-corrected chi connectivity index (χ1v) is 8.39. The number of carbonyl (C=O) groups is 1. The van der Waals surface area contributed by atoms with E-state index in [-0.39, 0.29) is 18.4 Å². The van der Waals surface area contributed by atoms with Gasteiger partial charge in [0.15, 0.2) is 0 Å². The van der Waals surface area contributed by atoms with Crippen molar-refractivity contribution in [3.05, 3.63) is 33.8 Å². The molecule has 1 fully saturated rings. The van der Waals surface area contributed by atoms with E-state index in [0.717, 1.165) is 19.3 Å². The van der Waals surface area contributed by atoms with Gasteiger partial charge >= 0.3 is 0 Å². The molecule has 1 saturated heterocycles. The molecule has 0 aromatic heterocycles. The summed E-state index contributed by atoms with van der Waals surface area (Å²) in [5, 5.41) is 1.08. The van der Waals surface area contributed by atoms with Gasteiger partial charge in [0.05, 0.1) is 12.5 Å². The van der Waals surface area contributed by atoms with Crippen molar-refractivity contribution in [2.75, 3.05) is 26.2 Å². The number of hydrogen-bond donors (Lipinski definition) is 1. The van der Waals surface area contributed by atoms with Crippen molar-refractivity contribution in [3.63, 3.8) is 0 Å². The molecule has 1 aliphatic rings. The summed E-state index contributed by atoms with van der Waals surface area (Å²) >= 11 is 12.2. The van der Waals surface area contributed by atoms with Gasteiger partial charge in [-0.05, 0) is 43.5 Å². The summed E-state index contributed by atoms with van der Waals surface area (Å²) in [6.07, 6.45) is 3.10. The number of piperidine rings is 1. The third kappa shape index (κ3) is 4.85. The minimum atomic E-state index is 0.0652. The van der Waals surface area contributed by atoms with E-state index >= 15 is 0 Å². The summed E-state index contributed by atoms with van der Waals surface area (Å²) in [5.74, 6) is 0.0652. The number of benzene rings is 1. The highest BCUT2D eigenvalue weighted by atomic mass is 35.5. The Kier molecular flexibility index (Phi) is 6.96. The topological polar surface area (TPSA) is 55.6 Å². The SMILES string of the molecule is NCCCOC1CCN(C(=O)Cc2c(Cl)cccc2Cl)CC1. The second kappa shape index (κ2) is 8.73. The van der Waals surface area contributed by atoms with E-state index in [1.807, 2.05) is 4.90 Å². The standard InChI is InChI=1S/C16H22Cl2N2O2/c17-14-3-1-4-15(18)13(14)11-16(21)20-8-5-12(6-9-20)22-10-2-7-19/h1,3-4,12H,2,5-11,19H2. The second-order valence-corrected chi connectivity index (χ2v) is 6.28. The molecule has 1 aliphatic heterocycles. The Hall–Kier alpha value is -0.810. The van der Waals surface area contributed by atoms with Gasteiger partial charge in [0.1, 0.15) is 0 Å². The first kappa shape index (κ1) is 17.5. The predicted molar refractivity (Wildman–Crippen MR) is 89.4 cm³/mol. The minimum Gasteiger partial charge on any atom is -0.378 e. The quantitative estimate of drug-likeness (QED) is 0.807. The molecule has 1 heterocycles. The van der Waals surface area contributed by atoms with Gasteiger partial charge in [0, 0.05) is 29.7 Å². The summed E-state index contributed by atoms with van der Waals surface area (Å²) in [4.78, 5) is 14.3. The van der Waals surface area contributed by atoms with E-state index in [0.29, 0.717) is 41.8 Å². The maximum absolute atomic E-state index is 12.4. The third-order valence-electron chi connectivity index (χ3n) is 3.89. The van der Waals surface area contributed by atoms with Gasteiger partial charge in [0.2, 0.25) is 5.91 Å². The molecule has 4 nitrogen and oxygen atoms in total.